The zero-order valence-corrected chi connectivity index (χ0v) is 15.5. The van der Waals surface area contributed by atoms with Crippen LogP contribution in [-0.2, 0) is 0 Å². The highest BCUT2D eigenvalue weighted by molar-refractivity contribution is 5.98. The fourth-order valence-electron chi connectivity index (χ4n) is 3.82. The molecule has 28 heavy (non-hydrogen) atoms. The molecule has 0 heteroatoms. The van der Waals surface area contributed by atoms with Gasteiger partial charge in [-0.15, -0.1) is 0 Å². The third-order valence-corrected chi connectivity index (χ3v) is 5.29. The van der Waals surface area contributed by atoms with E-state index in [4.69, 9.17) is 0 Å². The molecule has 0 fully saturated rings. The lowest BCUT2D eigenvalue weighted by Gasteiger charge is -2.10. The molecule has 0 heterocycles. The minimum atomic E-state index is 1.25. The SMILES string of the molecule is c1ccc(-c2ccc(-c3cccc4cc(-c5ccccc5)ccc34)cc2)cc1. The van der Waals surface area contributed by atoms with E-state index >= 15 is 0 Å². The minimum Gasteiger partial charge on any atom is -0.0622 e. The summed E-state index contributed by atoms with van der Waals surface area (Å²) in [7, 11) is 0. The normalized spacial score (nSPS) is 10.9. The summed E-state index contributed by atoms with van der Waals surface area (Å²) in [6.45, 7) is 0. The van der Waals surface area contributed by atoms with Crippen LogP contribution in [-0.4, -0.2) is 0 Å². The minimum absolute atomic E-state index is 1.25. The molecule has 0 saturated heterocycles. The van der Waals surface area contributed by atoms with Crippen LogP contribution in [0.2, 0.25) is 0 Å². The van der Waals surface area contributed by atoms with Crippen molar-refractivity contribution < 1.29 is 0 Å². The van der Waals surface area contributed by atoms with Crippen molar-refractivity contribution >= 4 is 10.8 Å². The number of benzene rings is 5. The molecule has 0 radical (unpaired) electrons. The van der Waals surface area contributed by atoms with Crippen LogP contribution < -0.4 is 0 Å². The first-order chi connectivity index (χ1) is 13.9. The molecule has 132 valence electrons. The average molecular weight is 356 g/mol. The Hall–Kier alpha value is -3.64. The second kappa shape index (κ2) is 7.17. The van der Waals surface area contributed by atoms with E-state index in [0.717, 1.165) is 0 Å². The second-order valence-electron chi connectivity index (χ2n) is 7.05. The first-order valence-corrected chi connectivity index (χ1v) is 9.62. The van der Waals surface area contributed by atoms with Crippen molar-refractivity contribution in [1.29, 1.82) is 0 Å². The smallest absolute Gasteiger partial charge is 0.0105 e. The molecule has 0 unspecified atom stereocenters. The monoisotopic (exact) mass is 356 g/mol. The van der Waals surface area contributed by atoms with E-state index in [0.29, 0.717) is 0 Å². The zero-order chi connectivity index (χ0) is 18.8. The maximum absolute atomic E-state index is 2.28. The zero-order valence-electron chi connectivity index (χ0n) is 15.5. The largest absolute Gasteiger partial charge is 0.0622 e. The van der Waals surface area contributed by atoms with Crippen LogP contribution in [0.15, 0.2) is 121 Å². The molecule has 5 aromatic rings. The lowest BCUT2D eigenvalue weighted by Crippen LogP contribution is -1.84. The Labute approximate surface area is 165 Å². The Balaban J connectivity index is 1.56. The molecule has 0 aliphatic carbocycles. The molecule has 0 saturated carbocycles. The summed E-state index contributed by atoms with van der Waals surface area (Å²) >= 11 is 0. The standard InChI is InChI=1S/C28H20/c1-3-8-21(9-4-1)23-14-16-24(17-15-23)27-13-7-12-26-20-25(18-19-28(26)27)22-10-5-2-6-11-22/h1-20H. The van der Waals surface area contributed by atoms with Crippen LogP contribution in [0, 0.1) is 0 Å². The molecule has 5 aromatic carbocycles. The fourth-order valence-corrected chi connectivity index (χ4v) is 3.82. The van der Waals surface area contributed by atoms with Gasteiger partial charge in [-0.2, -0.15) is 0 Å². The Morgan fingerprint density at radius 2 is 0.857 bits per heavy atom. The van der Waals surface area contributed by atoms with Gasteiger partial charge in [0.1, 0.15) is 0 Å². The van der Waals surface area contributed by atoms with Crippen LogP contribution in [0.25, 0.3) is 44.2 Å². The van der Waals surface area contributed by atoms with E-state index in [1.807, 2.05) is 0 Å². The van der Waals surface area contributed by atoms with Crippen LogP contribution in [0.5, 0.6) is 0 Å². The highest BCUT2D eigenvalue weighted by Gasteiger charge is 2.06. The van der Waals surface area contributed by atoms with Gasteiger partial charge in [-0.25, -0.2) is 0 Å². The molecule has 0 nitrogen and oxygen atoms in total. The quantitative estimate of drug-likeness (QED) is 0.309. The summed E-state index contributed by atoms with van der Waals surface area (Å²) in [4.78, 5) is 0. The van der Waals surface area contributed by atoms with Crippen LogP contribution >= 0.6 is 0 Å². The van der Waals surface area contributed by atoms with Gasteiger partial charge < -0.3 is 0 Å². The second-order valence-corrected chi connectivity index (χ2v) is 7.05. The predicted octanol–water partition coefficient (Wildman–Crippen LogP) is 7.84. The van der Waals surface area contributed by atoms with Gasteiger partial charge in [0, 0.05) is 0 Å². The van der Waals surface area contributed by atoms with Crippen LogP contribution in [0.1, 0.15) is 0 Å². The predicted molar refractivity (Wildman–Crippen MR) is 120 cm³/mol. The lowest BCUT2D eigenvalue weighted by molar-refractivity contribution is 1.60. The summed E-state index contributed by atoms with van der Waals surface area (Å²) in [5, 5.41) is 2.56. The number of hydrogen-bond acceptors (Lipinski definition) is 0. The molecule has 0 aliphatic heterocycles. The third-order valence-electron chi connectivity index (χ3n) is 5.29. The Morgan fingerprint density at radius 3 is 1.54 bits per heavy atom. The van der Waals surface area contributed by atoms with Gasteiger partial charge in [0.2, 0.25) is 0 Å². The summed E-state index contributed by atoms with van der Waals surface area (Å²) in [6.07, 6.45) is 0. The Kier molecular flexibility index (Phi) is 4.23. The Morgan fingerprint density at radius 1 is 0.321 bits per heavy atom. The fraction of sp³-hybridized carbons (Fsp3) is 0. The Bertz CT molecular complexity index is 1220. The van der Waals surface area contributed by atoms with Crippen molar-refractivity contribution in [2.75, 3.05) is 0 Å². The van der Waals surface area contributed by atoms with Crippen LogP contribution in [0.4, 0.5) is 0 Å². The molecule has 0 bridgehead atoms. The van der Waals surface area contributed by atoms with E-state index in [9.17, 15) is 0 Å². The van der Waals surface area contributed by atoms with E-state index in [1.165, 1.54) is 44.2 Å². The molecule has 0 N–H and O–H groups in total. The first kappa shape index (κ1) is 16.5. The summed E-state index contributed by atoms with van der Waals surface area (Å²) in [6, 6.07) is 43.3. The highest BCUT2D eigenvalue weighted by Crippen LogP contribution is 2.33. The van der Waals surface area contributed by atoms with Crippen molar-refractivity contribution in [2.45, 2.75) is 0 Å². The molecule has 0 amide bonds. The van der Waals surface area contributed by atoms with Gasteiger partial charge in [0.15, 0.2) is 0 Å². The van der Waals surface area contributed by atoms with Gasteiger partial charge in [-0.1, -0.05) is 115 Å². The van der Waals surface area contributed by atoms with Gasteiger partial charge in [0.05, 0.1) is 0 Å². The topological polar surface area (TPSA) is 0 Å². The average Bonchev–Trinajstić information content (AvgIpc) is 2.79. The van der Waals surface area contributed by atoms with Crippen molar-refractivity contribution in [3.8, 4) is 33.4 Å². The molecule has 0 aromatic heterocycles. The van der Waals surface area contributed by atoms with Crippen LogP contribution in [0.3, 0.4) is 0 Å². The van der Waals surface area contributed by atoms with E-state index < -0.39 is 0 Å². The van der Waals surface area contributed by atoms with Crippen molar-refractivity contribution in [1.82, 2.24) is 0 Å². The molecule has 0 spiro atoms. The van der Waals surface area contributed by atoms with Gasteiger partial charge >= 0.3 is 0 Å². The van der Waals surface area contributed by atoms with Gasteiger partial charge in [-0.05, 0) is 50.2 Å². The lowest BCUT2D eigenvalue weighted by atomic mass is 9.94. The summed E-state index contributed by atoms with van der Waals surface area (Å²) in [5.74, 6) is 0. The molecule has 0 aliphatic rings. The third kappa shape index (κ3) is 3.10. The maximum Gasteiger partial charge on any atom is -0.0105 e. The number of rotatable bonds is 3. The number of fused-ring (bicyclic) bond motifs is 1. The molecule has 5 rings (SSSR count). The van der Waals surface area contributed by atoms with E-state index in [-0.39, 0.29) is 0 Å². The van der Waals surface area contributed by atoms with Gasteiger partial charge in [-0.3, -0.25) is 0 Å². The van der Waals surface area contributed by atoms with Crippen molar-refractivity contribution in [3.63, 3.8) is 0 Å². The first-order valence-electron chi connectivity index (χ1n) is 9.62. The molecule has 0 atom stereocenters. The summed E-state index contributed by atoms with van der Waals surface area (Å²) < 4.78 is 0. The van der Waals surface area contributed by atoms with E-state index in [2.05, 4.69) is 121 Å². The van der Waals surface area contributed by atoms with Gasteiger partial charge in [0.25, 0.3) is 0 Å². The van der Waals surface area contributed by atoms with Crippen molar-refractivity contribution in [3.05, 3.63) is 121 Å². The van der Waals surface area contributed by atoms with E-state index in [1.54, 1.807) is 0 Å². The molecular weight excluding hydrogens is 336 g/mol. The molecular formula is C28H20. The van der Waals surface area contributed by atoms with Crippen molar-refractivity contribution in [2.24, 2.45) is 0 Å². The summed E-state index contributed by atoms with van der Waals surface area (Å²) in [5.41, 5.74) is 7.52. The number of hydrogen-bond donors (Lipinski definition) is 0. The highest BCUT2D eigenvalue weighted by atomic mass is 14.1. The maximum atomic E-state index is 2.28.